The lowest BCUT2D eigenvalue weighted by Crippen LogP contribution is -2.57. The third-order valence-electron chi connectivity index (χ3n) is 36.1. The van der Waals surface area contributed by atoms with Gasteiger partial charge in [0.05, 0.1) is 0 Å². The van der Waals surface area contributed by atoms with E-state index in [1.807, 2.05) is 0 Å². The van der Waals surface area contributed by atoms with Crippen molar-refractivity contribution in [3.8, 4) is 0 Å². The molecule has 0 aromatic heterocycles. The van der Waals surface area contributed by atoms with Crippen LogP contribution in [0.1, 0.15) is 394 Å². The minimum atomic E-state index is 0.333. The summed E-state index contributed by atoms with van der Waals surface area (Å²) in [5, 5.41) is 0. The van der Waals surface area contributed by atoms with E-state index in [1.54, 1.807) is 0 Å². The predicted molar refractivity (Wildman–Crippen MR) is 607 cm³/mol. The van der Waals surface area contributed by atoms with Crippen LogP contribution in [0, 0.1) is 69.5 Å². The fourth-order valence-electron chi connectivity index (χ4n) is 25.2. The lowest BCUT2D eigenvalue weighted by molar-refractivity contribution is 0.00138. The summed E-state index contributed by atoms with van der Waals surface area (Å²) in [5.74, 6) is 8.17. The Morgan fingerprint density at radius 2 is 0.319 bits per heavy atom. The van der Waals surface area contributed by atoms with E-state index in [2.05, 4.69) is 374 Å². The molecule has 0 radical (unpaired) electrons. The van der Waals surface area contributed by atoms with Gasteiger partial charge in [0, 0.05) is 238 Å². The number of rotatable bonds is 13. The van der Waals surface area contributed by atoms with Crippen molar-refractivity contribution in [2.75, 3.05) is 262 Å². The van der Waals surface area contributed by atoms with E-state index >= 15 is 0 Å². The third kappa shape index (κ3) is 44.1. The van der Waals surface area contributed by atoms with E-state index in [0.717, 1.165) is 53.3 Å². The fraction of sp³-hybridized carbons (Fsp3) is 1.00. The molecule has 0 bridgehead atoms. The SMILES string of the molecule is CC(C)(C)C1CCN(C(C)(C)C)CC1.CC(C)(C)C1CCN(C[C@H]2CCCN(C(C)(C)C)C2)CC1.CC(C)(C)C1CCN(C[C@H]2CCN(C(C)(C)C)C2)CC1.CC(C)(C)N1CCC(CN2CCN(C(C)(C)C)CC2)CC1.CC(C)(C)N1CCN(CCC2CN(C(C)(C)C)C2)CC1.CC(C)(C)N1CCN(C[C@@H]2CCCN(C(C)(C)C)C2)CC1.CC(C)(C)N1CCN(C[C@H]2CCCN(C(C)(C)C)C2)CC1. The first-order valence-corrected chi connectivity index (χ1v) is 58.8. The second kappa shape index (κ2) is 52.9. The average Bonchev–Trinajstić information content (AvgIpc) is 1.06. The Labute approximate surface area is 863 Å². The van der Waals surface area contributed by atoms with Crippen LogP contribution in [0.5, 0.6) is 0 Å². The highest BCUT2D eigenvalue weighted by Crippen LogP contribution is 2.41. The first-order chi connectivity index (χ1) is 63.2. The number of piperazine rings is 4. The lowest BCUT2D eigenvalue weighted by Gasteiger charge is -2.48. The van der Waals surface area contributed by atoms with Gasteiger partial charge in [-0.1, -0.05) is 62.3 Å². The highest BCUT2D eigenvalue weighted by atomic mass is 15.3. The summed E-state index contributed by atoms with van der Waals surface area (Å²) in [4.78, 5) is 45.4. The van der Waals surface area contributed by atoms with Crippen molar-refractivity contribution >= 4 is 0 Å². The van der Waals surface area contributed by atoms with Crippen molar-refractivity contribution in [2.24, 2.45) is 69.5 Å². The molecule has 13 fully saturated rings. The van der Waals surface area contributed by atoms with E-state index in [-0.39, 0.29) is 0 Å². The molecule has 0 saturated carbocycles. The van der Waals surface area contributed by atoms with Gasteiger partial charge < -0.3 is 29.4 Å². The van der Waals surface area contributed by atoms with Crippen molar-refractivity contribution in [3.63, 3.8) is 0 Å². The van der Waals surface area contributed by atoms with Crippen LogP contribution in [-0.4, -0.2) is 406 Å². The van der Waals surface area contributed by atoms with E-state index in [9.17, 15) is 0 Å². The van der Waals surface area contributed by atoms with E-state index in [4.69, 9.17) is 0 Å². The maximum Gasteiger partial charge on any atom is 0.0126 e. The molecule has 13 aliphatic heterocycles. The van der Waals surface area contributed by atoms with Crippen LogP contribution in [0.25, 0.3) is 0 Å². The molecule has 0 unspecified atom stereocenters. The van der Waals surface area contributed by atoms with E-state index in [0.29, 0.717) is 77.2 Å². The van der Waals surface area contributed by atoms with Gasteiger partial charge in [0.1, 0.15) is 0 Å². The molecule has 4 atom stereocenters. The topological polar surface area (TPSA) is 55.1 Å². The molecule has 13 rings (SSSR count). The maximum atomic E-state index is 2.75. The second-order valence-corrected chi connectivity index (χ2v) is 61.5. The van der Waals surface area contributed by atoms with Gasteiger partial charge in [0.25, 0.3) is 0 Å². The van der Waals surface area contributed by atoms with Crippen LogP contribution < -0.4 is 0 Å². The van der Waals surface area contributed by atoms with E-state index < -0.39 is 0 Å². The largest absolute Gasteiger partial charge is 0.303 e. The third-order valence-corrected chi connectivity index (χ3v) is 36.1. The summed E-state index contributed by atoms with van der Waals surface area (Å²) in [5.41, 5.74) is 5.31. The van der Waals surface area contributed by atoms with Crippen LogP contribution in [0.3, 0.4) is 0 Å². The summed E-state index contributed by atoms with van der Waals surface area (Å²) in [7, 11) is 0. The molecule has 17 nitrogen and oxygen atoms in total. The number of hydrogen-bond acceptors (Lipinski definition) is 17. The summed E-state index contributed by atoms with van der Waals surface area (Å²) < 4.78 is 0. The number of piperidine rings is 7. The van der Waals surface area contributed by atoms with Crippen molar-refractivity contribution in [2.45, 2.75) is 454 Å². The minimum Gasteiger partial charge on any atom is -0.303 e. The summed E-state index contributed by atoms with van der Waals surface area (Å²) in [6, 6.07) is 0. The number of nitrogens with zero attached hydrogens (tertiary/aromatic N) is 17. The van der Waals surface area contributed by atoms with Crippen LogP contribution >= 0.6 is 0 Å². The second-order valence-electron chi connectivity index (χ2n) is 61.5. The molecule has 0 aromatic carbocycles. The van der Waals surface area contributed by atoms with Gasteiger partial charge in [-0.25, -0.2) is 0 Å². The molecular formula is C121H247N17. The van der Waals surface area contributed by atoms with Crippen molar-refractivity contribution in [1.29, 1.82) is 0 Å². The highest BCUT2D eigenvalue weighted by Gasteiger charge is 2.42. The van der Waals surface area contributed by atoms with E-state index in [1.165, 1.54) is 365 Å². The molecule has 816 valence electrons. The van der Waals surface area contributed by atoms with Crippen molar-refractivity contribution in [3.05, 3.63) is 0 Å². The molecule has 138 heavy (non-hydrogen) atoms. The lowest BCUT2D eigenvalue weighted by atomic mass is 9.75. The molecule has 13 heterocycles. The first kappa shape index (κ1) is 124. The molecular weight excluding hydrogens is 1690 g/mol. The normalized spacial score (nSPS) is 26.7. The Morgan fingerprint density at radius 3 is 0.551 bits per heavy atom. The number of hydrogen-bond donors (Lipinski definition) is 0. The summed E-state index contributed by atoms with van der Waals surface area (Å²) in [6.45, 7) is 150. The Morgan fingerprint density at radius 1 is 0.145 bits per heavy atom. The fourth-order valence-corrected chi connectivity index (χ4v) is 25.2. The molecule has 0 N–H and O–H groups in total. The van der Waals surface area contributed by atoms with Crippen LogP contribution in [0.15, 0.2) is 0 Å². The molecule has 0 aromatic rings. The predicted octanol–water partition coefficient (Wildman–Crippen LogP) is 22.9. The van der Waals surface area contributed by atoms with Gasteiger partial charge >= 0.3 is 0 Å². The summed E-state index contributed by atoms with van der Waals surface area (Å²) in [6.07, 6.45) is 22.3. The van der Waals surface area contributed by atoms with Crippen molar-refractivity contribution < 1.29 is 0 Å². The van der Waals surface area contributed by atoms with Gasteiger partial charge in [-0.15, -0.1) is 0 Å². The zero-order chi connectivity index (χ0) is 104. The Balaban J connectivity index is 0.000000220. The smallest absolute Gasteiger partial charge is 0.0126 e. The van der Waals surface area contributed by atoms with Crippen LogP contribution in [0.4, 0.5) is 0 Å². The molecule has 13 aliphatic rings. The molecule has 0 aliphatic carbocycles. The van der Waals surface area contributed by atoms with Gasteiger partial charge in [0.2, 0.25) is 0 Å². The van der Waals surface area contributed by atoms with Crippen LogP contribution in [-0.2, 0) is 0 Å². The Kier molecular flexibility index (Phi) is 47.6. The Bertz CT molecular complexity index is 3050. The zero-order valence-corrected chi connectivity index (χ0v) is 101. The van der Waals surface area contributed by atoms with Gasteiger partial charge in [-0.3, -0.25) is 53.9 Å². The van der Waals surface area contributed by atoms with Crippen molar-refractivity contribution in [1.82, 2.24) is 83.3 Å². The zero-order valence-electron chi connectivity index (χ0n) is 101. The monoisotopic (exact) mass is 1940 g/mol. The average molecular weight is 1940 g/mol. The molecule has 0 amide bonds. The first-order valence-electron chi connectivity index (χ1n) is 58.8. The number of likely N-dealkylation sites (tertiary alicyclic amines) is 9. The standard InChI is InChI=1S/C19H38N2.3C18H37N3.C18H36N2.C17H35N3.C13H27N/c1-18(2,3)17-9-12-20(13-10-17)14-16-8-7-11-21(15-16)19(4,5)6;1-17(2,3)20-9-7-16(8-10-20)15-19-11-13-21(14-12-19)18(4,5)6;2*1-17(2,3)20-12-10-19(11-13-20)14-16-8-7-9-21(15-16)18(4,5)6;1-17(2,3)16-8-10-19(11-9-16)13-15-7-12-20(14-15)18(4,5)6;1-16(2,3)19-11-9-18(10-12-19)8-7-15-13-20(14-15)17(4,5)6;1-12(2,3)11-7-9-14(10-8-11)13(4,5)6/h16-17H,7-15H2,1-6H3;3*16H,7-15H2,1-6H3;15-16H,7-14H2,1-6H3;15H,7-14H2,1-6H3;11H,7-10H2,1-6H3/t16-;;2*16-;15-;;/m1.101../s1. The Hall–Kier alpha value is -0.680. The van der Waals surface area contributed by atoms with Gasteiger partial charge in [0.15, 0.2) is 0 Å². The molecule has 13 saturated heterocycles. The van der Waals surface area contributed by atoms with Gasteiger partial charge in [-0.2, -0.15) is 0 Å². The molecule has 17 heteroatoms. The maximum absolute atomic E-state index is 2.75. The highest BCUT2D eigenvalue weighted by molar-refractivity contribution is 4.97. The molecule has 0 spiro atoms. The van der Waals surface area contributed by atoms with Crippen LogP contribution in [0.2, 0.25) is 0 Å². The van der Waals surface area contributed by atoms with Gasteiger partial charge in [-0.05, 0) is 486 Å². The quantitative estimate of drug-likeness (QED) is 0.176. The minimum absolute atomic E-state index is 0.333. The summed E-state index contributed by atoms with van der Waals surface area (Å²) >= 11 is 0.